The molecule has 3 N–H and O–H groups in total. The van der Waals surface area contributed by atoms with Crippen molar-refractivity contribution in [2.45, 2.75) is 45.4 Å². The summed E-state index contributed by atoms with van der Waals surface area (Å²) < 4.78 is 8.66. The standard InChI is InChI=1S/C12H21BrN4O/c1-7(2)17-12(10(13)5-15-17)11(16-14)9-4-8(3)18-6-9/h5,7-9,11,16H,4,6,14H2,1-3H3. The van der Waals surface area contributed by atoms with Gasteiger partial charge in [0.1, 0.15) is 0 Å². The summed E-state index contributed by atoms with van der Waals surface area (Å²) in [5.74, 6) is 6.14. The maximum absolute atomic E-state index is 5.76. The molecule has 6 heteroatoms. The summed E-state index contributed by atoms with van der Waals surface area (Å²) in [6.07, 6.45) is 3.16. The molecule has 0 saturated carbocycles. The summed E-state index contributed by atoms with van der Waals surface area (Å²) in [5.41, 5.74) is 4.04. The van der Waals surface area contributed by atoms with Gasteiger partial charge in [-0.25, -0.2) is 0 Å². The molecule has 102 valence electrons. The zero-order valence-corrected chi connectivity index (χ0v) is 12.6. The van der Waals surface area contributed by atoms with Gasteiger partial charge in [-0.15, -0.1) is 0 Å². The number of nitrogens with two attached hydrogens (primary N) is 1. The molecule has 0 aromatic carbocycles. The van der Waals surface area contributed by atoms with Crippen LogP contribution in [0.25, 0.3) is 0 Å². The molecular formula is C12H21BrN4O. The lowest BCUT2D eigenvalue weighted by Crippen LogP contribution is -2.36. The Morgan fingerprint density at radius 3 is 2.83 bits per heavy atom. The normalized spacial score (nSPS) is 25.9. The minimum absolute atomic E-state index is 0.0641. The van der Waals surface area contributed by atoms with Crippen LogP contribution in [0.4, 0.5) is 0 Å². The van der Waals surface area contributed by atoms with Crippen LogP contribution in [0.5, 0.6) is 0 Å². The lowest BCUT2D eigenvalue weighted by molar-refractivity contribution is 0.116. The van der Waals surface area contributed by atoms with Crippen molar-refractivity contribution in [2.24, 2.45) is 11.8 Å². The largest absolute Gasteiger partial charge is 0.378 e. The maximum atomic E-state index is 5.76. The van der Waals surface area contributed by atoms with Crippen molar-refractivity contribution in [3.63, 3.8) is 0 Å². The minimum Gasteiger partial charge on any atom is -0.378 e. The van der Waals surface area contributed by atoms with Crippen LogP contribution in [-0.4, -0.2) is 22.5 Å². The van der Waals surface area contributed by atoms with Crippen LogP contribution in [0.2, 0.25) is 0 Å². The Labute approximate surface area is 116 Å². The zero-order valence-electron chi connectivity index (χ0n) is 11.1. The van der Waals surface area contributed by atoms with E-state index in [-0.39, 0.29) is 6.04 Å². The van der Waals surface area contributed by atoms with Gasteiger partial charge in [-0.1, -0.05) is 0 Å². The first-order valence-corrected chi connectivity index (χ1v) is 7.14. The number of rotatable bonds is 4. The van der Waals surface area contributed by atoms with E-state index >= 15 is 0 Å². The number of hydrogen-bond acceptors (Lipinski definition) is 4. The second-order valence-electron chi connectivity index (χ2n) is 5.20. The van der Waals surface area contributed by atoms with Crippen LogP contribution in [0, 0.1) is 5.92 Å². The molecule has 0 aliphatic carbocycles. The third-order valence-corrected chi connectivity index (χ3v) is 4.06. The molecule has 0 bridgehead atoms. The zero-order chi connectivity index (χ0) is 13.3. The van der Waals surface area contributed by atoms with Crippen LogP contribution >= 0.6 is 15.9 Å². The fourth-order valence-electron chi connectivity index (χ4n) is 2.57. The molecule has 0 amide bonds. The Kier molecular flexibility index (Phi) is 4.42. The summed E-state index contributed by atoms with van der Waals surface area (Å²) in [6.45, 7) is 7.07. The molecule has 0 spiro atoms. The van der Waals surface area contributed by atoms with Gasteiger partial charge in [0.15, 0.2) is 0 Å². The molecule has 2 rings (SSSR count). The van der Waals surface area contributed by atoms with Crippen molar-refractivity contribution in [3.05, 3.63) is 16.4 Å². The third kappa shape index (κ3) is 2.61. The molecular weight excluding hydrogens is 296 g/mol. The van der Waals surface area contributed by atoms with Crippen LogP contribution in [0.15, 0.2) is 10.7 Å². The first-order chi connectivity index (χ1) is 8.54. The highest BCUT2D eigenvalue weighted by atomic mass is 79.9. The number of ether oxygens (including phenoxy) is 1. The third-order valence-electron chi connectivity index (χ3n) is 3.45. The maximum Gasteiger partial charge on any atom is 0.0716 e. The molecule has 3 atom stereocenters. The molecule has 1 saturated heterocycles. The van der Waals surface area contributed by atoms with E-state index in [1.165, 1.54) is 0 Å². The highest BCUT2D eigenvalue weighted by Gasteiger charge is 2.33. The van der Waals surface area contributed by atoms with E-state index < -0.39 is 0 Å². The Morgan fingerprint density at radius 1 is 1.61 bits per heavy atom. The SMILES string of the molecule is CC1CC(C(NN)c2c(Br)cnn2C(C)C)CO1. The van der Waals surface area contributed by atoms with Gasteiger partial charge in [0, 0.05) is 12.0 Å². The number of hydrogen-bond donors (Lipinski definition) is 2. The second kappa shape index (κ2) is 5.69. The number of halogens is 1. The topological polar surface area (TPSA) is 65.1 Å². The summed E-state index contributed by atoms with van der Waals surface area (Å²) in [4.78, 5) is 0. The first-order valence-electron chi connectivity index (χ1n) is 6.35. The van der Waals surface area contributed by atoms with E-state index in [2.05, 4.69) is 47.2 Å². The van der Waals surface area contributed by atoms with Gasteiger partial charge in [-0.2, -0.15) is 5.10 Å². The molecule has 1 aliphatic rings. The Morgan fingerprint density at radius 2 is 2.33 bits per heavy atom. The number of aromatic nitrogens is 2. The van der Waals surface area contributed by atoms with Gasteiger partial charge < -0.3 is 4.74 Å². The summed E-state index contributed by atoms with van der Waals surface area (Å²) in [7, 11) is 0. The second-order valence-corrected chi connectivity index (χ2v) is 6.05. The van der Waals surface area contributed by atoms with Crippen molar-refractivity contribution < 1.29 is 4.74 Å². The average molecular weight is 317 g/mol. The molecule has 18 heavy (non-hydrogen) atoms. The van der Waals surface area contributed by atoms with E-state index in [4.69, 9.17) is 10.6 Å². The lowest BCUT2D eigenvalue weighted by atomic mass is 9.94. The quantitative estimate of drug-likeness (QED) is 0.660. The van der Waals surface area contributed by atoms with E-state index in [0.717, 1.165) is 23.2 Å². The van der Waals surface area contributed by atoms with E-state index in [0.29, 0.717) is 18.1 Å². The van der Waals surface area contributed by atoms with Crippen molar-refractivity contribution in [1.29, 1.82) is 0 Å². The molecule has 0 radical (unpaired) electrons. The van der Waals surface area contributed by atoms with Gasteiger partial charge in [-0.3, -0.25) is 16.0 Å². The summed E-state index contributed by atoms with van der Waals surface area (Å²) >= 11 is 3.57. The predicted molar refractivity (Wildman–Crippen MR) is 73.9 cm³/mol. The van der Waals surface area contributed by atoms with Crippen molar-refractivity contribution in [3.8, 4) is 0 Å². The van der Waals surface area contributed by atoms with Gasteiger partial charge >= 0.3 is 0 Å². The van der Waals surface area contributed by atoms with Gasteiger partial charge in [0.25, 0.3) is 0 Å². The fraction of sp³-hybridized carbons (Fsp3) is 0.750. The van der Waals surface area contributed by atoms with Crippen LogP contribution < -0.4 is 11.3 Å². The van der Waals surface area contributed by atoms with Crippen LogP contribution in [0.1, 0.15) is 45.0 Å². The molecule has 1 fully saturated rings. The van der Waals surface area contributed by atoms with Crippen molar-refractivity contribution in [2.75, 3.05) is 6.61 Å². The Hall–Kier alpha value is -0.430. The van der Waals surface area contributed by atoms with Crippen molar-refractivity contribution in [1.82, 2.24) is 15.2 Å². The monoisotopic (exact) mass is 316 g/mol. The number of nitrogens with one attached hydrogen (secondary N) is 1. The van der Waals surface area contributed by atoms with Crippen molar-refractivity contribution >= 4 is 15.9 Å². The first kappa shape index (κ1) is 14.0. The van der Waals surface area contributed by atoms with E-state index in [1.54, 1.807) is 0 Å². The highest BCUT2D eigenvalue weighted by molar-refractivity contribution is 9.10. The summed E-state index contributed by atoms with van der Waals surface area (Å²) in [5, 5.41) is 4.41. The average Bonchev–Trinajstić information content (AvgIpc) is 2.88. The molecule has 1 aromatic rings. The lowest BCUT2D eigenvalue weighted by Gasteiger charge is -2.24. The molecule has 1 aromatic heterocycles. The van der Waals surface area contributed by atoms with Crippen LogP contribution in [0.3, 0.4) is 0 Å². The van der Waals surface area contributed by atoms with E-state index in [1.807, 2.05) is 10.9 Å². The minimum atomic E-state index is 0.0641. The van der Waals surface area contributed by atoms with Crippen LogP contribution in [-0.2, 0) is 4.74 Å². The van der Waals surface area contributed by atoms with Gasteiger partial charge in [0.2, 0.25) is 0 Å². The molecule has 1 aliphatic heterocycles. The Bertz CT molecular complexity index is 407. The van der Waals surface area contributed by atoms with E-state index in [9.17, 15) is 0 Å². The number of nitrogens with zero attached hydrogens (tertiary/aromatic N) is 2. The number of hydrazine groups is 1. The highest BCUT2D eigenvalue weighted by Crippen LogP contribution is 2.35. The molecule has 5 nitrogen and oxygen atoms in total. The summed E-state index contributed by atoms with van der Waals surface area (Å²) in [6, 6.07) is 0.371. The van der Waals surface area contributed by atoms with Gasteiger partial charge in [-0.05, 0) is 43.1 Å². The predicted octanol–water partition coefficient (Wildman–Crippen LogP) is 2.16. The molecule has 2 heterocycles. The molecule has 3 unspecified atom stereocenters. The Balaban J connectivity index is 2.29. The van der Waals surface area contributed by atoms with Gasteiger partial charge in [0.05, 0.1) is 35.1 Å². The smallest absolute Gasteiger partial charge is 0.0716 e. The fourth-order valence-corrected chi connectivity index (χ4v) is 3.09.